The molecule has 0 aliphatic rings. The zero-order valence-electron chi connectivity index (χ0n) is 13.8. The van der Waals surface area contributed by atoms with Crippen LogP contribution in [0.5, 0.6) is 0 Å². The highest BCUT2D eigenvalue weighted by Crippen LogP contribution is 2.17. The van der Waals surface area contributed by atoms with Crippen molar-refractivity contribution in [2.45, 2.75) is 26.7 Å². The topological polar surface area (TPSA) is 37.4 Å². The molecule has 0 fully saturated rings. The second-order valence-corrected chi connectivity index (χ2v) is 5.48. The highest BCUT2D eigenvalue weighted by atomic mass is 16.2. The summed E-state index contributed by atoms with van der Waals surface area (Å²) in [6.07, 6.45) is 2.00. The molecule has 0 radical (unpaired) electrons. The summed E-state index contributed by atoms with van der Waals surface area (Å²) in [5.41, 5.74) is 1.56. The van der Waals surface area contributed by atoms with Gasteiger partial charge in [0, 0.05) is 24.2 Å². The molecule has 3 heteroatoms. The summed E-state index contributed by atoms with van der Waals surface area (Å²) < 4.78 is 0. The van der Waals surface area contributed by atoms with Crippen LogP contribution in [0.2, 0.25) is 0 Å². The molecule has 0 heterocycles. The van der Waals surface area contributed by atoms with Crippen molar-refractivity contribution in [1.29, 1.82) is 0 Å². The van der Waals surface area contributed by atoms with Gasteiger partial charge in [-0.25, -0.2) is 0 Å². The Labute approximate surface area is 137 Å². The van der Waals surface area contributed by atoms with Crippen molar-refractivity contribution in [2.75, 3.05) is 13.1 Å². The molecule has 0 unspecified atom stereocenters. The van der Waals surface area contributed by atoms with E-state index in [-0.39, 0.29) is 11.7 Å². The zero-order chi connectivity index (χ0) is 16.7. The number of carbonyl (C=O) groups is 2. The molecular formula is C20H23NO2. The van der Waals surface area contributed by atoms with Crippen LogP contribution in [0.25, 0.3) is 0 Å². The molecule has 0 saturated carbocycles. The van der Waals surface area contributed by atoms with Gasteiger partial charge < -0.3 is 4.90 Å². The summed E-state index contributed by atoms with van der Waals surface area (Å²) in [6.45, 7) is 5.44. The number of benzene rings is 2. The first kappa shape index (κ1) is 16.9. The predicted molar refractivity (Wildman–Crippen MR) is 92.8 cm³/mol. The molecule has 2 rings (SSSR count). The predicted octanol–water partition coefficient (Wildman–Crippen LogP) is 4.18. The Balaban J connectivity index is 2.33. The van der Waals surface area contributed by atoms with Crippen LogP contribution in [-0.2, 0) is 0 Å². The third-order valence-corrected chi connectivity index (χ3v) is 3.89. The maximum absolute atomic E-state index is 12.8. The Kier molecular flexibility index (Phi) is 6.10. The highest BCUT2D eigenvalue weighted by Gasteiger charge is 2.21. The van der Waals surface area contributed by atoms with Crippen molar-refractivity contribution in [3.8, 4) is 0 Å². The van der Waals surface area contributed by atoms with Crippen LogP contribution in [0.4, 0.5) is 0 Å². The van der Waals surface area contributed by atoms with Crippen molar-refractivity contribution in [3.63, 3.8) is 0 Å². The first-order chi connectivity index (χ1) is 11.2. The molecule has 3 nitrogen and oxygen atoms in total. The minimum absolute atomic E-state index is 0.0687. The molecule has 0 aromatic heterocycles. The van der Waals surface area contributed by atoms with Gasteiger partial charge in [0.1, 0.15) is 0 Å². The zero-order valence-corrected chi connectivity index (χ0v) is 13.8. The van der Waals surface area contributed by atoms with Crippen molar-refractivity contribution in [1.82, 2.24) is 4.90 Å². The number of carbonyl (C=O) groups excluding carboxylic acids is 2. The van der Waals surface area contributed by atoms with E-state index in [1.54, 1.807) is 35.2 Å². The summed E-state index contributed by atoms with van der Waals surface area (Å²) in [4.78, 5) is 27.3. The van der Waals surface area contributed by atoms with Crippen LogP contribution in [-0.4, -0.2) is 29.7 Å². The van der Waals surface area contributed by atoms with Gasteiger partial charge in [-0.2, -0.15) is 0 Å². The molecule has 120 valence electrons. The Hall–Kier alpha value is -2.42. The lowest BCUT2D eigenvalue weighted by atomic mass is 9.97. The lowest BCUT2D eigenvalue weighted by Crippen LogP contribution is -2.32. The molecule has 0 spiro atoms. The standard InChI is InChI=1S/C20H23NO2/c1-3-5-15-21(4-2)20(23)18-14-10-9-13-17(18)19(22)16-11-7-6-8-12-16/h6-14H,3-5,15H2,1-2H3. The average molecular weight is 309 g/mol. The molecule has 0 saturated heterocycles. The Bertz CT molecular complexity index is 664. The summed E-state index contributed by atoms with van der Waals surface area (Å²) in [6, 6.07) is 16.2. The molecule has 0 atom stereocenters. The van der Waals surface area contributed by atoms with E-state index in [9.17, 15) is 9.59 Å². The number of nitrogens with zero attached hydrogens (tertiary/aromatic N) is 1. The fraction of sp³-hybridized carbons (Fsp3) is 0.300. The lowest BCUT2D eigenvalue weighted by molar-refractivity contribution is 0.0758. The van der Waals surface area contributed by atoms with E-state index in [0.717, 1.165) is 19.4 Å². The largest absolute Gasteiger partial charge is 0.339 e. The number of rotatable bonds is 7. The quantitative estimate of drug-likeness (QED) is 0.720. The van der Waals surface area contributed by atoms with E-state index in [1.807, 2.05) is 31.2 Å². The van der Waals surface area contributed by atoms with E-state index in [2.05, 4.69) is 6.92 Å². The molecule has 0 bridgehead atoms. The van der Waals surface area contributed by atoms with Gasteiger partial charge >= 0.3 is 0 Å². The SMILES string of the molecule is CCCCN(CC)C(=O)c1ccccc1C(=O)c1ccccc1. The molecular weight excluding hydrogens is 286 g/mol. The Morgan fingerprint density at radius 1 is 0.870 bits per heavy atom. The fourth-order valence-corrected chi connectivity index (χ4v) is 2.54. The van der Waals surface area contributed by atoms with E-state index in [4.69, 9.17) is 0 Å². The summed E-state index contributed by atoms with van der Waals surface area (Å²) >= 11 is 0. The number of amides is 1. The van der Waals surface area contributed by atoms with E-state index in [1.165, 1.54) is 0 Å². The van der Waals surface area contributed by atoms with Gasteiger partial charge in [0.2, 0.25) is 0 Å². The first-order valence-corrected chi connectivity index (χ1v) is 8.17. The summed E-state index contributed by atoms with van der Waals surface area (Å²) in [7, 11) is 0. The Morgan fingerprint density at radius 3 is 2.09 bits per heavy atom. The van der Waals surface area contributed by atoms with Gasteiger partial charge in [-0.1, -0.05) is 61.9 Å². The van der Waals surface area contributed by atoms with Crippen molar-refractivity contribution in [2.24, 2.45) is 0 Å². The molecule has 23 heavy (non-hydrogen) atoms. The van der Waals surface area contributed by atoms with Gasteiger partial charge in [-0.3, -0.25) is 9.59 Å². The second kappa shape index (κ2) is 8.28. The van der Waals surface area contributed by atoms with Crippen molar-refractivity contribution >= 4 is 11.7 Å². The van der Waals surface area contributed by atoms with Crippen LogP contribution in [0.1, 0.15) is 53.0 Å². The monoisotopic (exact) mass is 309 g/mol. The number of hydrogen-bond donors (Lipinski definition) is 0. The third kappa shape index (κ3) is 4.07. The normalized spacial score (nSPS) is 10.3. The minimum Gasteiger partial charge on any atom is -0.339 e. The van der Waals surface area contributed by atoms with Gasteiger partial charge in [0.25, 0.3) is 5.91 Å². The van der Waals surface area contributed by atoms with E-state index < -0.39 is 0 Å². The second-order valence-electron chi connectivity index (χ2n) is 5.48. The average Bonchev–Trinajstić information content (AvgIpc) is 2.62. The molecule has 2 aromatic carbocycles. The van der Waals surface area contributed by atoms with Crippen molar-refractivity contribution in [3.05, 3.63) is 71.3 Å². The first-order valence-electron chi connectivity index (χ1n) is 8.17. The van der Waals surface area contributed by atoms with Crippen LogP contribution < -0.4 is 0 Å². The lowest BCUT2D eigenvalue weighted by Gasteiger charge is -2.22. The molecule has 1 amide bonds. The highest BCUT2D eigenvalue weighted by molar-refractivity contribution is 6.15. The maximum Gasteiger partial charge on any atom is 0.254 e. The van der Waals surface area contributed by atoms with E-state index in [0.29, 0.717) is 23.2 Å². The molecule has 0 aliphatic carbocycles. The molecule has 0 N–H and O–H groups in total. The molecule has 2 aromatic rings. The smallest absolute Gasteiger partial charge is 0.254 e. The molecule has 0 aliphatic heterocycles. The summed E-state index contributed by atoms with van der Waals surface area (Å²) in [5.74, 6) is -0.179. The minimum atomic E-state index is -0.110. The third-order valence-electron chi connectivity index (χ3n) is 3.89. The fourth-order valence-electron chi connectivity index (χ4n) is 2.54. The van der Waals surface area contributed by atoms with Gasteiger partial charge in [-0.05, 0) is 19.4 Å². The van der Waals surface area contributed by atoms with Gasteiger partial charge in [0.15, 0.2) is 5.78 Å². The number of hydrogen-bond acceptors (Lipinski definition) is 2. The van der Waals surface area contributed by atoms with Crippen LogP contribution in [0.3, 0.4) is 0 Å². The van der Waals surface area contributed by atoms with Crippen molar-refractivity contribution < 1.29 is 9.59 Å². The van der Waals surface area contributed by atoms with Gasteiger partial charge in [-0.15, -0.1) is 0 Å². The van der Waals surface area contributed by atoms with Crippen LogP contribution in [0, 0.1) is 0 Å². The van der Waals surface area contributed by atoms with E-state index >= 15 is 0 Å². The Morgan fingerprint density at radius 2 is 1.48 bits per heavy atom. The number of ketones is 1. The number of unbranched alkanes of at least 4 members (excludes halogenated alkanes) is 1. The van der Waals surface area contributed by atoms with Crippen LogP contribution >= 0.6 is 0 Å². The summed E-state index contributed by atoms with van der Waals surface area (Å²) in [5, 5.41) is 0. The maximum atomic E-state index is 12.8. The van der Waals surface area contributed by atoms with Gasteiger partial charge in [0.05, 0.1) is 5.56 Å². The van der Waals surface area contributed by atoms with Crippen LogP contribution in [0.15, 0.2) is 54.6 Å².